The zero-order valence-corrected chi connectivity index (χ0v) is 17.5. The molecule has 2 aliphatic rings. The lowest BCUT2D eigenvalue weighted by Gasteiger charge is -2.42. The summed E-state index contributed by atoms with van der Waals surface area (Å²) in [6.07, 6.45) is 9.15. The maximum absolute atomic E-state index is 12.5. The van der Waals surface area contributed by atoms with Crippen LogP contribution in [0.15, 0.2) is 0 Å². The van der Waals surface area contributed by atoms with E-state index in [1.54, 1.807) is 0 Å². The van der Waals surface area contributed by atoms with Crippen molar-refractivity contribution in [3.05, 3.63) is 0 Å². The van der Waals surface area contributed by atoms with E-state index >= 15 is 0 Å². The summed E-state index contributed by atoms with van der Waals surface area (Å²) in [4.78, 5) is 14.3. The highest BCUT2D eigenvalue weighted by molar-refractivity contribution is 5.69. The van der Waals surface area contributed by atoms with Crippen LogP contribution in [0.25, 0.3) is 0 Å². The van der Waals surface area contributed by atoms with Crippen LogP contribution in [-0.2, 0) is 9.47 Å². The van der Waals surface area contributed by atoms with E-state index in [0.29, 0.717) is 6.04 Å². The fraction of sp³-hybridized carbons (Fsp3) is 0.952. The van der Waals surface area contributed by atoms with Crippen molar-refractivity contribution in [2.24, 2.45) is 11.7 Å². The van der Waals surface area contributed by atoms with Gasteiger partial charge in [0.05, 0.1) is 6.10 Å². The quantitative estimate of drug-likeness (QED) is 0.727. The highest BCUT2D eigenvalue weighted by Crippen LogP contribution is 2.29. The minimum absolute atomic E-state index is 0.151. The molecule has 2 N–H and O–H groups in total. The number of piperidine rings is 1. The average Bonchev–Trinajstić information content (AvgIpc) is 2.51. The molecule has 0 aromatic carbocycles. The summed E-state index contributed by atoms with van der Waals surface area (Å²) in [5, 5.41) is 0. The smallest absolute Gasteiger partial charge is 0.410 e. The summed E-state index contributed by atoms with van der Waals surface area (Å²) in [7, 11) is 0. The van der Waals surface area contributed by atoms with Gasteiger partial charge in [-0.3, -0.25) is 0 Å². The van der Waals surface area contributed by atoms with Gasteiger partial charge in [-0.2, -0.15) is 0 Å². The largest absolute Gasteiger partial charge is 0.444 e. The zero-order valence-electron chi connectivity index (χ0n) is 17.5. The lowest BCUT2D eigenvalue weighted by Crippen LogP contribution is -2.53. The molecule has 1 saturated carbocycles. The number of nitrogens with two attached hydrogens (primary N) is 1. The standard InChI is InChI=1S/C21H40N2O3/c1-15-13-19(14-16(2)23(15)20(24)26-21(3,4)5)25-12-6-7-17-8-10-18(22)11-9-17/h15-19H,6-14,22H2,1-5H3/t15-,16+,17?,18?,19?. The van der Waals surface area contributed by atoms with E-state index < -0.39 is 5.60 Å². The molecule has 3 atom stereocenters. The molecule has 5 nitrogen and oxygen atoms in total. The molecule has 26 heavy (non-hydrogen) atoms. The van der Waals surface area contributed by atoms with Crippen LogP contribution in [-0.4, -0.2) is 47.4 Å². The second-order valence-corrected chi connectivity index (χ2v) is 9.47. The Kier molecular flexibility index (Phi) is 7.77. The fourth-order valence-corrected chi connectivity index (χ4v) is 4.43. The molecule has 0 spiro atoms. The first kappa shape index (κ1) is 21.5. The van der Waals surface area contributed by atoms with Crippen LogP contribution in [0, 0.1) is 5.92 Å². The normalized spacial score (nSPS) is 33.2. The maximum atomic E-state index is 12.5. The molecule has 0 aromatic heterocycles. The summed E-state index contributed by atoms with van der Waals surface area (Å²) < 4.78 is 11.7. The summed E-state index contributed by atoms with van der Waals surface area (Å²) in [5.41, 5.74) is 5.53. The minimum atomic E-state index is -0.451. The number of rotatable bonds is 5. The third-order valence-corrected chi connectivity index (χ3v) is 5.76. The summed E-state index contributed by atoms with van der Waals surface area (Å²) in [6, 6.07) is 0.734. The first-order valence-electron chi connectivity index (χ1n) is 10.5. The van der Waals surface area contributed by atoms with E-state index in [-0.39, 0.29) is 24.3 Å². The Bertz CT molecular complexity index is 429. The van der Waals surface area contributed by atoms with Crippen molar-refractivity contribution < 1.29 is 14.3 Å². The number of carbonyl (C=O) groups excluding carboxylic acids is 1. The van der Waals surface area contributed by atoms with E-state index in [1.165, 1.54) is 32.1 Å². The van der Waals surface area contributed by atoms with Crippen molar-refractivity contribution in [2.45, 2.75) is 116 Å². The number of carbonyl (C=O) groups is 1. The van der Waals surface area contributed by atoms with Crippen molar-refractivity contribution in [1.82, 2.24) is 4.90 Å². The number of hydrogen-bond acceptors (Lipinski definition) is 4. The van der Waals surface area contributed by atoms with Crippen LogP contribution < -0.4 is 5.73 Å². The predicted octanol–water partition coefficient (Wildman–Crippen LogP) is 4.48. The van der Waals surface area contributed by atoms with Gasteiger partial charge in [-0.25, -0.2) is 4.79 Å². The van der Waals surface area contributed by atoms with Crippen molar-refractivity contribution in [3.63, 3.8) is 0 Å². The number of ether oxygens (including phenoxy) is 2. The molecule has 1 heterocycles. The third-order valence-electron chi connectivity index (χ3n) is 5.76. The van der Waals surface area contributed by atoms with E-state index in [4.69, 9.17) is 15.2 Å². The molecule has 152 valence electrons. The topological polar surface area (TPSA) is 64.8 Å². The Morgan fingerprint density at radius 2 is 1.65 bits per heavy atom. The van der Waals surface area contributed by atoms with Gasteiger partial charge in [-0.05, 0) is 91.9 Å². The van der Waals surface area contributed by atoms with Gasteiger partial charge in [0, 0.05) is 24.7 Å². The summed E-state index contributed by atoms with van der Waals surface area (Å²) in [6.45, 7) is 10.8. The summed E-state index contributed by atoms with van der Waals surface area (Å²) >= 11 is 0. The monoisotopic (exact) mass is 368 g/mol. The molecule has 2 rings (SSSR count). The highest BCUT2D eigenvalue weighted by Gasteiger charge is 2.36. The minimum Gasteiger partial charge on any atom is -0.444 e. The van der Waals surface area contributed by atoms with E-state index in [0.717, 1.165) is 31.8 Å². The number of amides is 1. The zero-order chi connectivity index (χ0) is 19.3. The van der Waals surface area contributed by atoms with Crippen molar-refractivity contribution in [3.8, 4) is 0 Å². The molecule has 5 heteroatoms. The van der Waals surface area contributed by atoms with E-state index in [2.05, 4.69) is 13.8 Å². The number of likely N-dealkylation sites (tertiary alicyclic amines) is 1. The average molecular weight is 369 g/mol. The molecule has 0 aromatic rings. The Labute approximate surface area is 160 Å². The van der Waals surface area contributed by atoms with Crippen molar-refractivity contribution in [1.29, 1.82) is 0 Å². The maximum Gasteiger partial charge on any atom is 0.410 e. The molecule has 1 aliphatic heterocycles. The SMILES string of the molecule is C[C@@H]1CC(OCCCC2CCC(N)CC2)C[C@H](C)N1C(=O)OC(C)(C)C. The van der Waals surface area contributed by atoms with E-state index in [9.17, 15) is 4.79 Å². The molecule has 1 saturated heterocycles. The Balaban J connectivity index is 1.69. The van der Waals surface area contributed by atoms with Crippen LogP contribution in [0.3, 0.4) is 0 Å². The second-order valence-electron chi connectivity index (χ2n) is 9.47. The fourth-order valence-electron chi connectivity index (χ4n) is 4.43. The first-order chi connectivity index (χ1) is 12.2. The van der Waals surface area contributed by atoms with Crippen LogP contribution in [0.2, 0.25) is 0 Å². The molecule has 1 unspecified atom stereocenters. The summed E-state index contributed by atoms with van der Waals surface area (Å²) in [5.74, 6) is 0.838. The van der Waals surface area contributed by atoms with Crippen molar-refractivity contribution in [2.75, 3.05) is 6.61 Å². The van der Waals surface area contributed by atoms with Gasteiger partial charge < -0.3 is 20.1 Å². The first-order valence-corrected chi connectivity index (χ1v) is 10.5. The number of nitrogens with zero attached hydrogens (tertiary/aromatic N) is 1. The molecule has 0 radical (unpaired) electrons. The van der Waals surface area contributed by atoms with Crippen molar-refractivity contribution >= 4 is 6.09 Å². The van der Waals surface area contributed by atoms with E-state index in [1.807, 2.05) is 25.7 Å². The number of hydrogen-bond donors (Lipinski definition) is 1. The molecule has 2 fully saturated rings. The van der Waals surface area contributed by atoms with Gasteiger partial charge in [0.25, 0.3) is 0 Å². The van der Waals surface area contributed by atoms with Crippen LogP contribution in [0.1, 0.15) is 86.0 Å². The van der Waals surface area contributed by atoms with Gasteiger partial charge in [0.2, 0.25) is 0 Å². The second kappa shape index (κ2) is 9.41. The molecule has 1 amide bonds. The Morgan fingerprint density at radius 1 is 1.08 bits per heavy atom. The molecule has 1 aliphatic carbocycles. The van der Waals surface area contributed by atoms with Crippen LogP contribution in [0.5, 0.6) is 0 Å². The molecule has 0 bridgehead atoms. The van der Waals surface area contributed by atoms with Crippen LogP contribution in [0.4, 0.5) is 4.79 Å². The highest BCUT2D eigenvalue weighted by atomic mass is 16.6. The van der Waals surface area contributed by atoms with Gasteiger partial charge in [-0.1, -0.05) is 0 Å². The lowest BCUT2D eigenvalue weighted by atomic mass is 9.84. The van der Waals surface area contributed by atoms with Gasteiger partial charge in [0.1, 0.15) is 5.60 Å². The predicted molar refractivity (Wildman–Crippen MR) is 105 cm³/mol. The van der Waals surface area contributed by atoms with Crippen LogP contribution >= 0.6 is 0 Å². The lowest BCUT2D eigenvalue weighted by molar-refractivity contribution is -0.0466. The van der Waals surface area contributed by atoms with Gasteiger partial charge >= 0.3 is 6.09 Å². The third kappa shape index (κ3) is 6.73. The van der Waals surface area contributed by atoms with Gasteiger partial charge in [0.15, 0.2) is 0 Å². The Hall–Kier alpha value is -0.810. The van der Waals surface area contributed by atoms with Gasteiger partial charge in [-0.15, -0.1) is 0 Å². The molecular formula is C21H40N2O3. The Morgan fingerprint density at radius 3 is 2.19 bits per heavy atom. The molecular weight excluding hydrogens is 328 g/mol.